The molecule has 0 heterocycles. The quantitative estimate of drug-likeness (QED) is 0.559. The van der Waals surface area contributed by atoms with Crippen LogP contribution in [0.2, 0.25) is 0 Å². The van der Waals surface area contributed by atoms with E-state index < -0.39 is 6.04 Å². The first-order valence-electron chi connectivity index (χ1n) is 10.7. The Morgan fingerprint density at radius 2 is 1.80 bits per heavy atom. The monoisotopic (exact) mass is 410 g/mol. The van der Waals surface area contributed by atoms with E-state index in [0.717, 1.165) is 23.3 Å². The SMILES string of the molecule is CCCNC(=O)C(C)N(Cc1cccc(C)c1)C(=O)CCCOc1ccc(C)cc1. The van der Waals surface area contributed by atoms with Crippen LogP contribution in [0.4, 0.5) is 0 Å². The highest BCUT2D eigenvalue weighted by molar-refractivity contribution is 5.87. The van der Waals surface area contributed by atoms with Gasteiger partial charge in [0.1, 0.15) is 11.8 Å². The average molecular weight is 411 g/mol. The Balaban J connectivity index is 1.97. The highest BCUT2D eigenvalue weighted by Crippen LogP contribution is 2.15. The highest BCUT2D eigenvalue weighted by Gasteiger charge is 2.25. The van der Waals surface area contributed by atoms with Gasteiger partial charge in [0.2, 0.25) is 11.8 Å². The van der Waals surface area contributed by atoms with Crippen molar-refractivity contribution in [2.75, 3.05) is 13.2 Å². The molecule has 0 aliphatic heterocycles. The molecule has 30 heavy (non-hydrogen) atoms. The number of rotatable bonds is 11. The summed E-state index contributed by atoms with van der Waals surface area (Å²) in [6, 6.07) is 15.4. The van der Waals surface area contributed by atoms with Crippen LogP contribution in [0.15, 0.2) is 48.5 Å². The average Bonchev–Trinajstić information content (AvgIpc) is 2.74. The number of benzene rings is 2. The third kappa shape index (κ3) is 7.54. The summed E-state index contributed by atoms with van der Waals surface area (Å²) < 4.78 is 5.74. The molecule has 0 saturated carbocycles. The Hall–Kier alpha value is -2.82. The molecular formula is C25H34N2O3. The van der Waals surface area contributed by atoms with Crippen LogP contribution in [0, 0.1) is 13.8 Å². The molecule has 2 rings (SSSR count). The second-order valence-corrected chi connectivity index (χ2v) is 7.74. The van der Waals surface area contributed by atoms with E-state index in [-0.39, 0.29) is 11.8 Å². The van der Waals surface area contributed by atoms with Gasteiger partial charge in [-0.3, -0.25) is 9.59 Å². The van der Waals surface area contributed by atoms with Gasteiger partial charge in [-0.25, -0.2) is 0 Å². The number of carbonyl (C=O) groups is 2. The molecule has 5 nitrogen and oxygen atoms in total. The zero-order chi connectivity index (χ0) is 21.9. The largest absolute Gasteiger partial charge is 0.494 e. The molecule has 0 aromatic heterocycles. The molecule has 1 unspecified atom stereocenters. The minimum absolute atomic E-state index is 0.0387. The summed E-state index contributed by atoms with van der Waals surface area (Å²) in [5.74, 6) is 0.647. The second-order valence-electron chi connectivity index (χ2n) is 7.74. The minimum Gasteiger partial charge on any atom is -0.494 e. The number of carbonyl (C=O) groups excluding carboxylic acids is 2. The molecule has 0 spiro atoms. The van der Waals surface area contributed by atoms with Crippen molar-refractivity contribution in [2.45, 2.75) is 59.5 Å². The molecule has 0 aliphatic rings. The van der Waals surface area contributed by atoms with Crippen molar-refractivity contribution in [3.05, 3.63) is 65.2 Å². The molecule has 0 radical (unpaired) electrons. The number of nitrogens with zero attached hydrogens (tertiary/aromatic N) is 1. The molecule has 1 atom stereocenters. The van der Waals surface area contributed by atoms with E-state index in [1.165, 1.54) is 5.56 Å². The molecule has 2 aromatic carbocycles. The lowest BCUT2D eigenvalue weighted by Crippen LogP contribution is -2.47. The van der Waals surface area contributed by atoms with Crippen molar-refractivity contribution >= 4 is 11.8 Å². The van der Waals surface area contributed by atoms with E-state index in [9.17, 15) is 9.59 Å². The third-order valence-electron chi connectivity index (χ3n) is 4.98. The number of hydrogen-bond acceptors (Lipinski definition) is 3. The van der Waals surface area contributed by atoms with Crippen LogP contribution in [0.1, 0.15) is 49.8 Å². The lowest BCUT2D eigenvalue weighted by atomic mass is 10.1. The van der Waals surface area contributed by atoms with Gasteiger partial charge in [-0.2, -0.15) is 0 Å². The Bertz CT molecular complexity index is 817. The van der Waals surface area contributed by atoms with Crippen molar-refractivity contribution in [1.82, 2.24) is 10.2 Å². The van der Waals surface area contributed by atoms with Gasteiger partial charge < -0.3 is 15.0 Å². The van der Waals surface area contributed by atoms with E-state index >= 15 is 0 Å². The molecule has 0 saturated heterocycles. The number of amides is 2. The molecule has 0 aliphatic carbocycles. The highest BCUT2D eigenvalue weighted by atomic mass is 16.5. The lowest BCUT2D eigenvalue weighted by Gasteiger charge is -2.29. The fraction of sp³-hybridized carbons (Fsp3) is 0.440. The fourth-order valence-electron chi connectivity index (χ4n) is 3.18. The number of hydrogen-bond donors (Lipinski definition) is 1. The van der Waals surface area contributed by atoms with Gasteiger partial charge in [-0.15, -0.1) is 0 Å². The summed E-state index contributed by atoms with van der Waals surface area (Å²) in [4.78, 5) is 27.2. The summed E-state index contributed by atoms with van der Waals surface area (Å²) in [7, 11) is 0. The zero-order valence-corrected chi connectivity index (χ0v) is 18.6. The summed E-state index contributed by atoms with van der Waals surface area (Å²) in [6.07, 6.45) is 1.80. The van der Waals surface area contributed by atoms with Crippen LogP contribution < -0.4 is 10.1 Å². The lowest BCUT2D eigenvalue weighted by molar-refractivity contribution is -0.140. The van der Waals surface area contributed by atoms with Crippen molar-refractivity contribution in [2.24, 2.45) is 0 Å². The third-order valence-corrected chi connectivity index (χ3v) is 4.98. The predicted octanol–water partition coefficient (Wildman–Crippen LogP) is 4.41. The van der Waals surface area contributed by atoms with E-state index in [4.69, 9.17) is 4.74 Å². The Morgan fingerprint density at radius 3 is 2.47 bits per heavy atom. The van der Waals surface area contributed by atoms with E-state index in [1.807, 2.05) is 63.2 Å². The van der Waals surface area contributed by atoms with E-state index in [1.54, 1.807) is 11.8 Å². The normalized spacial score (nSPS) is 11.6. The summed E-state index contributed by atoms with van der Waals surface area (Å²) in [6.45, 7) is 9.35. The standard InChI is InChI=1S/C25H34N2O3/c1-5-15-26-25(29)21(4)27(18-22-9-6-8-20(3)17-22)24(28)10-7-16-30-23-13-11-19(2)12-14-23/h6,8-9,11-14,17,21H,5,7,10,15-16,18H2,1-4H3,(H,26,29). The van der Waals surface area contributed by atoms with Crippen molar-refractivity contribution in [1.29, 1.82) is 0 Å². The molecule has 5 heteroatoms. The Labute approximate surface area is 180 Å². The van der Waals surface area contributed by atoms with Crippen LogP contribution >= 0.6 is 0 Å². The fourth-order valence-corrected chi connectivity index (χ4v) is 3.18. The van der Waals surface area contributed by atoms with Gasteiger partial charge in [0.15, 0.2) is 0 Å². The predicted molar refractivity (Wildman–Crippen MR) is 120 cm³/mol. The van der Waals surface area contributed by atoms with Crippen LogP contribution in [0.3, 0.4) is 0 Å². The van der Waals surface area contributed by atoms with Gasteiger partial charge >= 0.3 is 0 Å². The van der Waals surface area contributed by atoms with Gasteiger partial charge in [0, 0.05) is 19.5 Å². The molecule has 0 bridgehead atoms. The summed E-state index contributed by atoms with van der Waals surface area (Å²) in [5.41, 5.74) is 3.34. The van der Waals surface area contributed by atoms with Crippen LogP contribution in [0.25, 0.3) is 0 Å². The van der Waals surface area contributed by atoms with E-state index in [2.05, 4.69) is 11.4 Å². The van der Waals surface area contributed by atoms with Crippen molar-refractivity contribution in [3.8, 4) is 5.75 Å². The number of nitrogens with one attached hydrogen (secondary N) is 1. The first-order valence-corrected chi connectivity index (χ1v) is 10.7. The van der Waals surface area contributed by atoms with Gasteiger partial charge in [0.25, 0.3) is 0 Å². The topological polar surface area (TPSA) is 58.6 Å². The van der Waals surface area contributed by atoms with Gasteiger partial charge in [-0.1, -0.05) is 54.4 Å². The first kappa shape index (κ1) is 23.5. The molecule has 1 N–H and O–H groups in total. The molecule has 162 valence electrons. The smallest absolute Gasteiger partial charge is 0.242 e. The molecule has 2 amide bonds. The molecular weight excluding hydrogens is 376 g/mol. The number of aryl methyl sites for hydroxylation is 2. The molecule has 0 fully saturated rings. The zero-order valence-electron chi connectivity index (χ0n) is 18.6. The first-order chi connectivity index (χ1) is 14.4. The van der Waals surface area contributed by atoms with Crippen LogP contribution in [-0.2, 0) is 16.1 Å². The summed E-state index contributed by atoms with van der Waals surface area (Å²) in [5, 5.41) is 2.90. The Kier molecular flexibility index (Phi) is 9.39. The van der Waals surface area contributed by atoms with Crippen molar-refractivity contribution < 1.29 is 14.3 Å². The summed E-state index contributed by atoms with van der Waals surface area (Å²) >= 11 is 0. The van der Waals surface area contributed by atoms with Gasteiger partial charge in [-0.05, 0) is 51.3 Å². The Morgan fingerprint density at radius 1 is 1.07 bits per heavy atom. The maximum Gasteiger partial charge on any atom is 0.242 e. The maximum absolute atomic E-state index is 13.0. The number of ether oxygens (including phenoxy) is 1. The van der Waals surface area contributed by atoms with Crippen molar-refractivity contribution in [3.63, 3.8) is 0 Å². The van der Waals surface area contributed by atoms with E-state index in [0.29, 0.717) is 32.5 Å². The van der Waals surface area contributed by atoms with Gasteiger partial charge in [0.05, 0.1) is 6.61 Å². The van der Waals surface area contributed by atoms with Crippen LogP contribution in [0.5, 0.6) is 5.75 Å². The maximum atomic E-state index is 13.0. The second kappa shape index (κ2) is 12.0. The molecule has 2 aromatic rings. The van der Waals surface area contributed by atoms with Crippen LogP contribution in [-0.4, -0.2) is 35.9 Å². The minimum atomic E-state index is -0.525.